The second-order valence-corrected chi connectivity index (χ2v) is 9.83. The molecule has 0 bridgehead atoms. The lowest BCUT2D eigenvalue weighted by molar-refractivity contribution is -0.188. The van der Waals surface area contributed by atoms with E-state index in [-0.39, 0.29) is 31.0 Å². The molecule has 1 aromatic carbocycles. The summed E-state index contributed by atoms with van der Waals surface area (Å²) in [6.07, 6.45) is 1.10. The molecule has 10 heteroatoms. The van der Waals surface area contributed by atoms with E-state index in [1.165, 1.54) is 6.92 Å². The van der Waals surface area contributed by atoms with Crippen molar-refractivity contribution < 1.29 is 19.1 Å². The Morgan fingerprint density at radius 2 is 2.05 bits per heavy atom. The quantitative estimate of drug-likeness (QED) is 0.284. The number of nitrogens with two attached hydrogens (primary N) is 1. The molecule has 0 amide bonds. The van der Waals surface area contributed by atoms with E-state index in [0.717, 1.165) is 29.6 Å². The molecule has 2 aromatic heterocycles. The van der Waals surface area contributed by atoms with Crippen LogP contribution in [0.15, 0.2) is 29.1 Å². The van der Waals surface area contributed by atoms with Gasteiger partial charge in [-0.25, -0.2) is 9.78 Å². The molecule has 2 aliphatic heterocycles. The highest BCUT2D eigenvalue weighted by molar-refractivity contribution is 6.04. The largest absolute Gasteiger partial charge is 0.457 e. The van der Waals surface area contributed by atoms with E-state index in [4.69, 9.17) is 20.2 Å². The molecule has 1 atom stereocenters. The van der Waals surface area contributed by atoms with Crippen LogP contribution in [0.1, 0.15) is 57.2 Å². The Labute approximate surface area is 220 Å². The molecule has 3 N–H and O–H groups in total. The highest BCUT2D eigenvalue weighted by atomic mass is 35.5. The minimum absolute atomic E-state index is 0. The number of fused-ring (bicyclic) bond motifs is 5. The SMILES string of the molecule is CC[C@@]1(OC(C)=O)C(=O)OCc2c1cc1n(c2=O)Cc2c-1nc1cccc(N)c1c2NCCC(C)C.Cl. The van der Waals surface area contributed by atoms with Gasteiger partial charge >= 0.3 is 11.9 Å². The molecule has 0 radical (unpaired) electrons. The number of carbonyl (C=O) groups is 2. The number of hydrogen-bond acceptors (Lipinski definition) is 8. The summed E-state index contributed by atoms with van der Waals surface area (Å²) >= 11 is 0. The van der Waals surface area contributed by atoms with Crippen LogP contribution in [0.3, 0.4) is 0 Å². The van der Waals surface area contributed by atoms with Crippen molar-refractivity contribution in [2.45, 2.75) is 59.3 Å². The summed E-state index contributed by atoms with van der Waals surface area (Å²) in [7, 11) is 0. The molecule has 0 fully saturated rings. The summed E-state index contributed by atoms with van der Waals surface area (Å²) < 4.78 is 12.5. The summed E-state index contributed by atoms with van der Waals surface area (Å²) in [5, 5.41) is 4.39. The molecule has 0 spiro atoms. The van der Waals surface area contributed by atoms with Gasteiger partial charge in [0.25, 0.3) is 5.56 Å². The number of nitrogens with zero attached hydrogens (tertiary/aromatic N) is 2. The van der Waals surface area contributed by atoms with Crippen molar-refractivity contribution in [1.29, 1.82) is 0 Å². The average Bonchev–Trinajstić information content (AvgIpc) is 3.19. The van der Waals surface area contributed by atoms with Gasteiger partial charge < -0.3 is 25.1 Å². The molecule has 196 valence electrons. The van der Waals surface area contributed by atoms with Gasteiger partial charge in [-0.1, -0.05) is 26.8 Å². The maximum atomic E-state index is 13.7. The van der Waals surface area contributed by atoms with E-state index in [2.05, 4.69) is 19.2 Å². The van der Waals surface area contributed by atoms with E-state index in [1.54, 1.807) is 17.6 Å². The number of esters is 2. The van der Waals surface area contributed by atoms with E-state index in [9.17, 15) is 14.4 Å². The summed E-state index contributed by atoms with van der Waals surface area (Å²) in [6, 6.07) is 7.35. The first kappa shape index (κ1) is 26.5. The number of aromatic nitrogens is 2. The van der Waals surface area contributed by atoms with E-state index >= 15 is 0 Å². The molecule has 0 aliphatic carbocycles. The molecular formula is C27H31ClN4O5. The van der Waals surface area contributed by atoms with Crippen molar-refractivity contribution in [3.8, 4) is 11.4 Å². The average molecular weight is 527 g/mol. The van der Waals surface area contributed by atoms with Crippen LogP contribution in [-0.4, -0.2) is 28.0 Å². The third-order valence-electron chi connectivity index (χ3n) is 7.06. The lowest BCUT2D eigenvalue weighted by atomic mass is 9.85. The number of rotatable bonds is 6. The fourth-order valence-corrected chi connectivity index (χ4v) is 5.24. The van der Waals surface area contributed by atoms with Gasteiger partial charge in [0.05, 0.1) is 34.7 Å². The lowest BCUT2D eigenvalue weighted by Gasteiger charge is -2.35. The number of nitrogens with one attached hydrogen (secondary N) is 1. The molecule has 5 rings (SSSR count). The smallest absolute Gasteiger partial charge is 0.355 e. The molecule has 4 heterocycles. The fourth-order valence-electron chi connectivity index (χ4n) is 5.24. The van der Waals surface area contributed by atoms with Crippen LogP contribution in [0, 0.1) is 5.92 Å². The van der Waals surface area contributed by atoms with Gasteiger partial charge in [-0.3, -0.25) is 9.59 Å². The Morgan fingerprint density at radius 3 is 2.73 bits per heavy atom. The van der Waals surface area contributed by atoms with Crippen molar-refractivity contribution in [2.75, 3.05) is 17.6 Å². The number of pyridine rings is 2. The number of hydrogen-bond donors (Lipinski definition) is 2. The summed E-state index contributed by atoms with van der Waals surface area (Å²) in [5.41, 5.74) is 9.37. The zero-order chi connectivity index (χ0) is 25.8. The monoisotopic (exact) mass is 526 g/mol. The van der Waals surface area contributed by atoms with Gasteiger partial charge in [0.15, 0.2) is 0 Å². The summed E-state index contributed by atoms with van der Waals surface area (Å²) in [6.45, 7) is 8.17. The van der Waals surface area contributed by atoms with Crippen LogP contribution >= 0.6 is 12.4 Å². The highest BCUT2D eigenvalue weighted by Crippen LogP contribution is 2.44. The Kier molecular flexibility index (Phi) is 6.94. The Balaban J connectivity index is 0.00000320. The van der Waals surface area contributed by atoms with Crippen molar-refractivity contribution in [1.82, 2.24) is 9.55 Å². The maximum Gasteiger partial charge on any atom is 0.355 e. The predicted molar refractivity (Wildman–Crippen MR) is 144 cm³/mol. The van der Waals surface area contributed by atoms with Crippen molar-refractivity contribution >= 4 is 46.6 Å². The number of benzene rings is 1. The van der Waals surface area contributed by atoms with Gasteiger partial charge in [0.1, 0.15) is 6.61 Å². The first-order valence-corrected chi connectivity index (χ1v) is 12.3. The third kappa shape index (κ3) is 4.11. The molecule has 9 nitrogen and oxygen atoms in total. The van der Waals surface area contributed by atoms with E-state index < -0.39 is 17.5 Å². The number of cyclic esters (lactones) is 1. The van der Waals surface area contributed by atoms with Crippen molar-refractivity contribution in [2.24, 2.45) is 5.92 Å². The predicted octanol–water partition coefficient (Wildman–Crippen LogP) is 4.11. The lowest BCUT2D eigenvalue weighted by Crippen LogP contribution is -2.47. The number of anilines is 2. The van der Waals surface area contributed by atoms with Crippen molar-refractivity contribution in [3.63, 3.8) is 0 Å². The van der Waals surface area contributed by atoms with Crippen LogP contribution in [0.4, 0.5) is 11.4 Å². The second kappa shape index (κ2) is 9.70. The van der Waals surface area contributed by atoms with Crippen LogP contribution in [0.2, 0.25) is 0 Å². The molecule has 3 aromatic rings. The van der Waals surface area contributed by atoms with Crippen LogP contribution < -0.4 is 16.6 Å². The zero-order valence-corrected chi connectivity index (χ0v) is 22.2. The van der Waals surface area contributed by atoms with E-state index in [0.29, 0.717) is 46.2 Å². The molecule has 0 unspecified atom stereocenters. The number of ether oxygens (including phenoxy) is 2. The van der Waals surface area contributed by atoms with Gasteiger partial charge in [-0.2, -0.15) is 0 Å². The third-order valence-corrected chi connectivity index (χ3v) is 7.06. The van der Waals surface area contributed by atoms with Gasteiger partial charge in [0, 0.05) is 35.7 Å². The summed E-state index contributed by atoms with van der Waals surface area (Å²) in [4.78, 5) is 43.5. The highest BCUT2D eigenvalue weighted by Gasteiger charge is 2.50. The second-order valence-electron chi connectivity index (χ2n) is 9.83. The normalized spacial score (nSPS) is 17.5. The van der Waals surface area contributed by atoms with Gasteiger partial charge in [0.2, 0.25) is 5.60 Å². The van der Waals surface area contributed by atoms with Crippen LogP contribution in [-0.2, 0) is 37.8 Å². The summed E-state index contributed by atoms with van der Waals surface area (Å²) in [5.74, 6) is -0.784. The molecule has 37 heavy (non-hydrogen) atoms. The first-order chi connectivity index (χ1) is 17.2. The Morgan fingerprint density at radius 1 is 1.30 bits per heavy atom. The van der Waals surface area contributed by atoms with Gasteiger partial charge in [-0.05, 0) is 37.0 Å². The number of carbonyl (C=O) groups excluding carboxylic acids is 2. The molecular weight excluding hydrogens is 496 g/mol. The maximum absolute atomic E-state index is 13.7. The number of nitrogen functional groups attached to an aromatic ring is 1. The minimum Gasteiger partial charge on any atom is -0.457 e. The molecule has 0 saturated heterocycles. The van der Waals surface area contributed by atoms with Crippen LogP contribution in [0.25, 0.3) is 22.3 Å². The van der Waals surface area contributed by atoms with Gasteiger partial charge in [-0.15, -0.1) is 12.4 Å². The van der Waals surface area contributed by atoms with Crippen LogP contribution in [0.5, 0.6) is 0 Å². The first-order valence-electron chi connectivity index (χ1n) is 12.3. The number of halogens is 1. The zero-order valence-electron chi connectivity index (χ0n) is 21.3. The standard InChI is InChI=1S/C27H30N4O5.ClH/c1-5-27(36-15(4)32)18-11-21-23-16(12-31(21)25(33)17(18)13-35-26(27)34)24(29-10-9-14(2)3)22-19(28)7-6-8-20(22)30-23;/h6-8,11,14H,5,9-10,12-13,28H2,1-4H3,(H,29,30);1H/t27-;/m0./s1. The Bertz CT molecular complexity index is 1480. The fraction of sp³-hybridized carbons (Fsp3) is 0.407. The molecule has 2 aliphatic rings. The minimum atomic E-state index is -1.67. The van der Waals surface area contributed by atoms with Crippen molar-refractivity contribution in [3.05, 3.63) is 51.3 Å². The molecule has 0 saturated carbocycles. The topological polar surface area (TPSA) is 126 Å². The van der Waals surface area contributed by atoms with E-state index in [1.807, 2.05) is 18.2 Å². The Hall–Kier alpha value is -3.59.